The predicted octanol–water partition coefficient (Wildman–Crippen LogP) is 2.60. The molecule has 8 heteroatoms. The third kappa shape index (κ3) is 3.78. The number of halogens is 1. The minimum Gasteiger partial charge on any atom is -0.356 e. The summed E-state index contributed by atoms with van der Waals surface area (Å²) in [4.78, 5) is 35.6. The zero-order valence-corrected chi connectivity index (χ0v) is 15.3. The van der Waals surface area contributed by atoms with Crippen LogP contribution in [0.25, 0.3) is 5.65 Å². The van der Waals surface area contributed by atoms with Crippen molar-refractivity contribution in [2.24, 2.45) is 5.92 Å². The molecule has 1 atom stereocenters. The van der Waals surface area contributed by atoms with Gasteiger partial charge in [0.15, 0.2) is 0 Å². The number of hydrogen-bond donors (Lipinski definition) is 1. The molecule has 1 saturated heterocycles. The van der Waals surface area contributed by atoms with Gasteiger partial charge in [-0.25, -0.2) is 9.97 Å². The molecular formula is C19H18ClN5O2. The van der Waals surface area contributed by atoms with Gasteiger partial charge in [0, 0.05) is 31.5 Å². The molecule has 1 fully saturated rings. The van der Waals surface area contributed by atoms with E-state index in [9.17, 15) is 9.59 Å². The van der Waals surface area contributed by atoms with Crippen LogP contribution >= 0.6 is 11.6 Å². The molecule has 0 aromatic carbocycles. The van der Waals surface area contributed by atoms with Crippen molar-refractivity contribution in [1.82, 2.24) is 14.4 Å². The molecule has 0 spiro atoms. The second kappa shape index (κ2) is 7.36. The van der Waals surface area contributed by atoms with Crippen molar-refractivity contribution in [2.45, 2.75) is 12.8 Å². The maximum Gasteiger partial charge on any atom is 0.259 e. The van der Waals surface area contributed by atoms with E-state index in [0.29, 0.717) is 28.9 Å². The number of pyridine rings is 2. The van der Waals surface area contributed by atoms with Gasteiger partial charge in [-0.1, -0.05) is 17.7 Å². The summed E-state index contributed by atoms with van der Waals surface area (Å²) in [5.74, 6) is 0.788. The van der Waals surface area contributed by atoms with Crippen LogP contribution in [-0.2, 0) is 4.79 Å². The van der Waals surface area contributed by atoms with Crippen molar-refractivity contribution in [3.8, 4) is 0 Å². The summed E-state index contributed by atoms with van der Waals surface area (Å²) in [5.41, 5.74) is 0.462. The maximum atomic E-state index is 12.6. The van der Waals surface area contributed by atoms with Crippen LogP contribution in [0.4, 0.5) is 11.6 Å². The quantitative estimate of drug-likeness (QED) is 0.752. The average molecular weight is 384 g/mol. The number of amides is 1. The summed E-state index contributed by atoms with van der Waals surface area (Å²) in [7, 11) is 0. The van der Waals surface area contributed by atoms with Gasteiger partial charge in [-0.2, -0.15) is 0 Å². The highest BCUT2D eigenvalue weighted by Crippen LogP contribution is 2.22. The van der Waals surface area contributed by atoms with Gasteiger partial charge in [-0.15, -0.1) is 0 Å². The van der Waals surface area contributed by atoms with Crippen molar-refractivity contribution < 1.29 is 4.79 Å². The minimum atomic E-state index is -0.202. The molecule has 1 aliphatic rings. The number of piperidine rings is 1. The molecule has 3 aromatic heterocycles. The van der Waals surface area contributed by atoms with E-state index in [1.807, 2.05) is 11.0 Å². The van der Waals surface area contributed by atoms with Crippen molar-refractivity contribution >= 4 is 34.8 Å². The average Bonchev–Trinajstić information content (AvgIpc) is 2.70. The first-order valence-corrected chi connectivity index (χ1v) is 9.14. The molecule has 138 valence electrons. The lowest BCUT2D eigenvalue weighted by atomic mass is 9.97. The Morgan fingerprint density at radius 3 is 2.96 bits per heavy atom. The smallest absolute Gasteiger partial charge is 0.259 e. The third-order valence-corrected chi connectivity index (χ3v) is 4.88. The third-order valence-electron chi connectivity index (χ3n) is 4.65. The second-order valence-corrected chi connectivity index (χ2v) is 6.95. The lowest BCUT2D eigenvalue weighted by Crippen LogP contribution is -2.41. The van der Waals surface area contributed by atoms with Crippen molar-refractivity contribution in [1.29, 1.82) is 0 Å². The molecule has 1 amide bonds. The lowest BCUT2D eigenvalue weighted by Gasteiger charge is -2.32. The number of nitrogens with one attached hydrogen (secondary N) is 1. The summed E-state index contributed by atoms with van der Waals surface area (Å²) in [6.07, 6.45) is 4.82. The highest BCUT2D eigenvalue weighted by molar-refractivity contribution is 6.30. The highest BCUT2D eigenvalue weighted by Gasteiger charge is 2.27. The molecule has 0 bridgehead atoms. The number of aromatic nitrogens is 3. The number of rotatable bonds is 3. The van der Waals surface area contributed by atoms with Gasteiger partial charge in [-0.3, -0.25) is 14.0 Å². The summed E-state index contributed by atoms with van der Waals surface area (Å²) in [5, 5.41) is 3.35. The molecule has 1 unspecified atom stereocenters. The van der Waals surface area contributed by atoms with Crippen LogP contribution in [0.2, 0.25) is 5.02 Å². The van der Waals surface area contributed by atoms with Crippen molar-refractivity contribution in [2.75, 3.05) is 23.3 Å². The van der Waals surface area contributed by atoms with Gasteiger partial charge < -0.3 is 10.2 Å². The summed E-state index contributed by atoms with van der Waals surface area (Å²) in [6, 6.07) is 10.3. The van der Waals surface area contributed by atoms with Gasteiger partial charge in [0.25, 0.3) is 5.56 Å². The first-order valence-electron chi connectivity index (χ1n) is 8.76. The SMILES string of the molecule is O=C(Nc1ccc(Cl)cn1)C1CCCN(c2cc(=O)n3ccccc3n2)C1. The Hall–Kier alpha value is -2.93. The molecule has 1 N–H and O–H groups in total. The number of nitrogens with zero attached hydrogens (tertiary/aromatic N) is 4. The van der Waals surface area contributed by atoms with E-state index in [4.69, 9.17) is 11.6 Å². The number of carbonyl (C=O) groups is 1. The molecule has 7 nitrogen and oxygen atoms in total. The van der Waals surface area contributed by atoms with Gasteiger partial charge in [0.2, 0.25) is 5.91 Å². The Kier molecular flexibility index (Phi) is 4.77. The van der Waals surface area contributed by atoms with Gasteiger partial charge in [0.05, 0.1) is 10.9 Å². The lowest BCUT2D eigenvalue weighted by molar-refractivity contribution is -0.120. The number of anilines is 2. The normalized spacial score (nSPS) is 17.1. The number of fused-ring (bicyclic) bond motifs is 1. The summed E-state index contributed by atoms with van der Waals surface area (Å²) in [6.45, 7) is 1.27. The molecular weight excluding hydrogens is 366 g/mol. The van der Waals surface area contributed by atoms with Crippen LogP contribution in [0.1, 0.15) is 12.8 Å². The zero-order chi connectivity index (χ0) is 18.8. The van der Waals surface area contributed by atoms with E-state index in [0.717, 1.165) is 19.4 Å². The standard InChI is InChI=1S/C19H18ClN5O2/c20-14-6-7-15(21-11-14)22-19(27)13-4-3-8-24(12-13)17-10-18(26)25-9-2-1-5-16(25)23-17/h1-2,5-7,9-11,13H,3-4,8,12H2,(H,21,22,27). The Balaban J connectivity index is 1.51. The fourth-order valence-electron chi connectivity index (χ4n) is 3.28. The molecule has 0 saturated carbocycles. The predicted molar refractivity (Wildman–Crippen MR) is 104 cm³/mol. The molecule has 27 heavy (non-hydrogen) atoms. The van der Waals surface area contributed by atoms with Gasteiger partial charge in [0.1, 0.15) is 17.3 Å². The van der Waals surface area contributed by atoms with Crippen molar-refractivity contribution in [3.05, 3.63) is 64.2 Å². The maximum absolute atomic E-state index is 12.6. The minimum absolute atomic E-state index is 0.0907. The molecule has 3 aromatic rings. The fourth-order valence-corrected chi connectivity index (χ4v) is 3.39. The van der Waals surface area contributed by atoms with E-state index < -0.39 is 0 Å². The zero-order valence-electron chi connectivity index (χ0n) is 14.5. The molecule has 0 aliphatic carbocycles. The molecule has 1 aliphatic heterocycles. The highest BCUT2D eigenvalue weighted by atomic mass is 35.5. The largest absolute Gasteiger partial charge is 0.356 e. The van der Waals surface area contributed by atoms with Crippen LogP contribution in [0.3, 0.4) is 0 Å². The monoisotopic (exact) mass is 383 g/mol. The summed E-state index contributed by atoms with van der Waals surface area (Å²) < 4.78 is 1.50. The topological polar surface area (TPSA) is 79.6 Å². The van der Waals surface area contributed by atoms with E-state index in [1.165, 1.54) is 16.7 Å². The van der Waals surface area contributed by atoms with E-state index >= 15 is 0 Å². The van der Waals surface area contributed by atoms with E-state index in [1.54, 1.807) is 30.5 Å². The number of carbonyl (C=O) groups excluding carboxylic acids is 1. The van der Waals surface area contributed by atoms with Crippen LogP contribution in [0, 0.1) is 5.92 Å². The number of hydrogen-bond acceptors (Lipinski definition) is 5. The van der Waals surface area contributed by atoms with Crippen LogP contribution in [-0.4, -0.2) is 33.4 Å². The van der Waals surface area contributed by atoms with Crippen molar-refractivity contribution in [3.63, 3.8) is 0 Å². The van der Waals surface area contributed by atoms with Crippen LogP contribution < -0.4 is 15.8 Å². The van der Waals surface area contributed by atoms with Crippen LogP contribution in [0.5, 0.6) is 0 Å². The van der Waals surface area contributed by atoms with Crippen LogP contribution in [0.15, 0.2) is 53.6 Å². The Bertz CT molecular complexity index is 1030. The van der Waals surface area contributed by atoms with Gasteiger partial charge >= 0.3 is 0 Å². The first-order chi connectivity index (χ1) is 13.1. The Morgan fingerprint density at radius 2 is 2.15 bits per heavy atom. The first kappa shape index (κ1) is 17.5. The van der Waals surface area contributed by atoms with Gasteiger partial charge in [-0.05, 0) is 37.1 Å². The molecule has 4 heterocycles. The summed E-state index contributed by atoms with van der Waals surface area (Å²) >= 11 is 5.82. The Labute approximate surface area is 160 Å². The van der Waals surface area contributed by atoms with E-state index in [2.05, 4.69) is 15.3 Å². The van der Waals surface area contributed by atoms with E-state index in [-0.39, 0.29) is 17.4 Å². The molecule has 4 rings (SSSR count). The second-order valence-electron chi connectivity index (χ2n) is 6.52. The molecule has 0 radical (unpaired) electrons. The fraction of sp³-hybridized carbons (Fsp3) is 0.263. The Morgan fingerprint density at radius 1 is 1.26 bits per heavy atom.